The molecule has 0 N–H and O–H groups in total. The van der Waals surface area contributed by atoms with Crippen LogP contribution in [0.5, 0.6) is 0 Å². The van der Waals surface area contributed by atoms with Gasteiger partial charge in [-0.3, -0.25) is 19.2 Å². The Balaban J connectivity index is 0.00000144. The summed E-state index contributed by atoms with van der Waals surface area (Å²) in [6.45, 7) is 5.85. The van der Waals surface area contributed by atoms with Crippen LogP contribution in [0.3, 0.4) is 0 Å². The number of fused-ring (bicyclic) bond motifs is 3. The number of pyridine rings is 1. The van der Waals surface area contributed by atoms with E-state index in [1.54, 1.807) is 17.1 Å². The van der Waals surface area contributed by atoms with Crippen LogP contribution in [0.2, 0.25) is 0 Å². The molecule has 168 valence electrons. The van der Waals surface area contributed by atoms with Crippen LogP contribution < -0.4 is 10.5 Å². The molecule has 5 rings (SSSR count). The van der Waals surface area contributed by atoms with Gasteiger partial charge in [0.25, 0.3) is 5.56 Å². The van der Waals surface area contributed by atoms with Gasteiger partial charge in [-0.1, -0.05) is 36.4 Å². The molecule has 0 amide bonds. The maximum Gasteiger partial charge on any atom is 0.262 e. The molecule has 1 fully saturated rings. The number of anilines is 1. The van der Waals surface area contributed by atoms with E-state index in [0.29, 0.717) is 11.9 Å². The number of hydrogen-bond acceptors (Lipinski definition) is 5. The van der Waals surface area contributed by atoms with Gasteiger partial charge in [-0.25, -0.2) is 4.98 Å². The van der Waals surface area contributed by atoms with E-state index in [-0.39, 0.29) is 30.4 Å². The Morgan fingerprint density at radius 3 is 2.28 bits per heavy atom. The van der Waals surface area contributed by atoms with E-state index < -0.39 is 0 Å². The second-order valence-corrected chi connectivity index (χ2v) is 7.80. The van der Waals surface area contributed by atoms with Crippen molar-refractivity contribution in [3.05, 3.63) is 77.5 Å². The molecule has 1 aliphatic rings. The van der Waals surface area contributed by atoms with Gasteiger partial charge < -0.3 is 4.90 Å². The van der Waals surface area contributed by atoms with Crippen LogP contribution in [0.1, 0.15) is 6.42 Å². The highest BCUT2D eigenvalue weighted by molar-refractivity contribution is 6.02. The number of halogens is 2. The standard InChI is InChI=1S/C24H25N5O.2ClH/c30-24-21-17-25-22-10-5-4-9-20(22)23(21)26-18-29(24)12-6-11-27-13-15-28(16-14-27)19-7-2-1-3-8-19;;/h1-5,7-10,17-18H,6,11-16H2;2*1H. The Bertz CT molecular complexity index is 1220. The van der Waals surface area contributed by atoms with E-state index in [2.05, 4.69) is 50.1 Å². The van der Waals surface area contributed by atoms with Crippen LogP contribution in [0, 0.1) is 0 Å². The van der Waals surface area contributed by atoms with Crippen molar-refractivity contribution in [3.63, 3.8) is 0 Å². The fraction of sp³-hybridized carbons (Fsp3) is 0.292. The summed E-state index contributed by atoms with van der Waals surface area (Å²) in [6.07, 6.45) is 4.27. The lowest BCUT2D eigenvalue weighted by molar-refractivity contribution is 0.250. The largest absolute Gasteiger partial charge is 0.369 e. The number of aryl methyl sites for hydroxylation is 1. The van der Waals surface area contributed by atoms with E-state index in [1.807, 2.05) is 24.3 Å². The monoisotopic (exact) mass is 471 g/mol. The molecule has 1 aliphatic heterocycles. The summed E-state index contributed by atoms with van der Waals surface area (Å²) in [7, 11) is 0. The van der Waals surface area contributed by atoms with Gasteiger partial charge in [-0.15, -0.1) is 24.8 Å². The summed E-state index contributed by atoms with van der Waals surface area (Å²) in [5.74, 6) is 0. The second kappa shape index (κ2) is 10.8. The number of rotatable bonds is 5. The number of benzene rings is 2. The molecule has 0 unspecified atom stereocenters. The van der Waals surface area contributed by atoms with E-state index in [1.165, 1.54) is 5.69 Å². The predicted molar refractivity (Wildman–Crippen MR) is 136 cm³/mol. The highest BCUT2D eigenvalue weighted by Gasteiger charge is 2.16. The third kappa shape index (κ3) is 4.88. The van der Waals surface area contributed by atoms with Gasteiger partial charge in [0, 0.05) is 50.0 Å². The van der Waals surface area contributed by atoms with Crippen LogP contribution in [0.15, 0.2) is 71.9 Å². The third-order valence-electron chi connectivity index (χ3n) is 5.93. The topological polar surface area (TPSA) is 54.3 Å². The molecule has 0 atom stereocenters. The maximum atomic E-state index is 12.9. The molecular weight excluding hydrogens is 445 g/mol. The fourth-order valence-corrected chi connectivity index (χ4v) is 4.25. The van der Waals surface area contributed by atoms with Crippen molar-refractivity contribution in [3.8, 4) is 0 Å². The average molecular weight is 472 g/mol. The van der Waals surface area contributed by atoms with Crippen molar-refractivity contribution < 1.29 is 0 Å². The number of hydrogen-bond donors (Lipinski definition) is 0. The first-order valence-electron chi connectivity index (χ1n) is 10.5. The normalized spacial score (nSPS) is 14.2. The molecule has 2 aromatic carbocycles. The van der Waals surface area contributed by atoms with Crippen molar-refractivity contribution in [2.45, 2.75) is 13.0 Å². The molecule has 1 saturated heterocycles. The molecule has 8 heteroatoms. The molecule has 32 heavy (non-hydrogen) atoms. The SMILES string of the molecule is Cl.Cl.O=c1c2cnc3ccccc3c2ncn1CCCN1CCN(c2ccccc2)CC1. The van der Waals surface area contributed by atoms with Gasteiger partial charge >= 0.3 is 0 Å². The number of aromatic nitrogens is 3. The van der Waals surface area contributed by atoms with Gasteiger partial charge in [0.05, 0.1) is 22.7 Å². The lowest BCUT2D eigenvalue weighted by Gasteiger charge is -2.36. The molecule has 0 saturated carbocycles. The first kappa shape index (κ1) is 24.0. The number of piperazine rings is 1. The van der Waals surface area contributed by atoms with Crippen molar-refractivity contribution in [2.75, 3.05) is 37.6 Å². The molecule has 6 nitrogen and oxygen atoms in total. The molecule has 0 spiro atoms. The van der Waals surface area contributed by atoms with Crippen molar-refractivity contribution >= 4 is 52.3 Å². The van der Waals surface area contributed by atoms with Gasteiger partial charge in [0.15, 0.2) is 0 Å². The highest BCUT2D eigenvalue weighted by atomic mass is 35.5. The molecule has 0 radical (unpaired) electrons. The van der Waals surface area contributed by atoms with Gasteiger partial charge in [-0.05, 0) is 31.2 Å². The van der Waals surface area contributed by atoms with Crippen LogP contribution in [0.4, 0.5) is 5.69 Å². The quantitative estimate of drug-likeness (QED) is 0.411. The van der Waals surface area contributed by atoms with Crippen molar-refractivity contribution in [1.82, 2.24) is 19.4 Å². The summed E-state index contributed by atoms with van der Waals surface area (Å²) >= 11 is 0. The van der Waals surface area contributed by atoms with Crippen molar-refractivity contribution in [1.29, 1.82) is 0 Å². The lowest BCUT2D eigenvalue weighted by Crippen LogP contribution is -2.46. The number of nitrogens with zero attached hydrogens (tertiary/aromatic N) is 5. The highest BCUT2D eigenvalue weighted by Crippen LogP contribution is 2.19. The predicted octanol–water partition coefficient (Wildman–Crippen LogP) is 4.00. The Labute approximate surface area is 199 Å². The van der Waals surface area contributed by atoms with Gasteiger partial charge in [-0.2, -0.15) is 0 Å². The van der Waals surface area contributed by atoms with E-state index in [0.717, 1.165) is 55.6 Å². The zero-order valence-corrected chi connectivity index (χ0v) is 19.4. The van der Waals surface area contributed by atoms with E-state index in [9.17, 15) is 4.79 Å². The summed E-state index contributed by atoms with van der Waals surface area (Å²) < 4.78 is 1.72. The lowest BCUT2D eigenvalue weighted by atomic mass is 10.1. The Morgan fingerprint density at radius 2 is 1.50 bits per heavy atom. The Kier molecular flexibility index (Phi) is 8.07. The summed E-state index contributed by atoms with van der Waals surface area (Å²) in [6, 6.07) is 18.4. The van der Waals surface area contributed by atoms with Crippen LogP contribution >= 0.6 is 24.8 Å². The molecule has 0 aliphatic carbocycles. The Morgan fingerprint density at radius 1 is 0.781 bits per heavy atom. The maximum absolute atomic E-state index is 12.9. The summed E-state index contributed by atoms with van der Waals surface area (Å²) in [5.41, 5.74) is 2.89. The van der Waals surface area contributed by atoms with Crippen molar-refractivity contribution in [2.24, 2.45) is 0 Å². The van der Waals surface area contributed by atoms with Crippen LogP contribution in [0.25, 0.3) is 21.8 Å². The summed E-state index contributed by atoms with van der Waals surface area (Å²) in [5, 5.41) is 1.52. The third-order valence-corrected chi connectivity index (χ3v) is 5.93. The van der Waals surface area contributed by atoms with Gasteiger partial charge in [0.2, 0.25) is 0 Å². The zero-order valence-electron chi connectivity index (χ0n) is 17.8. The second-order valence-electron chi connectivity index (χ2n) is 7.80. The fourth-order valence-electron chi connectivity index (χ4n) is 4.25. The minimum atomic E-state index is -0.00727. The molecule has 4 aromatic rings. The minimum Gasteiger partial charge on any atom is -0.369 e. The number of para-hydroxylation sites is 2. The smallest absolute Gasteiger partial charge is 0.262 e. The molecule has 2 aromatic heterocycles. The first-order chi connectivity index (χ1) is 14.8. The Hall–Kier alpha value is -2.67. The first-order valence-corrected chi connectivity index (χ1v) is 10.5. The molecular formula is C24H27Cl2N5O. The molecule has 3 heterocycles. The average Bonchev–Trinajstić information content (AvgIpc) is 2.81. The molecule has 0 bridgehead atoms. The van der Waals surface area contributed by atoms with E-state index >= 15 is 0 Å². The minimum absolute atomic E-state index is 0. The van der Waals surface area contributed by atoms with Crippen LogP contribution in [-0.2, 0) is 6.54 Å². The van der Waals surface area contributed by atoms with Gasteiger partial charge in [0.1, 0.15) is 0 Å². The van der Waals surface area contributed by atoms with E-state index in [4.69, 9.17) is 0 Å². The summed E-state index contributed by atoms with van der Waals surface area (Å²) in [4.78, 5) is 26.8. The van der Waals surface area contributed by atoms with Crippen LogP contribution in [-0.4, -0.2) is 52.2 Å². The zero-order chi connectivity index (χ0) is 20.3.